The molecule has 1 aromatic rings. The Balaban J connectivity index is 2.45. The topological polar surface area (TPSA) is 38.3 Å². The van der Waals surface area contributed by atoms with Crippen molar-refractivity contribution in [2.24, 2.45) is 0 Å². The van der Waals surface area contributed by atoms with Crippen LogP contribution in [0.5, 0.6) is 5.75 Å². The molecule has 0 aliphatic rings. The standard InChI is InChI=1S/C13H16BrNO2/c1-3-17-12-6-4-11(5-7-12)8-13(16)15-9-10(2)14/h4-7H,2-3,8-9H2,1H3,(H,15,16). The lowest BCUT2D eigenvalue weighted by Gasteiger charge is -2.06. The van der Waals surface area contributed by atoms with Gasteiger partial charge in [-0.1, -0.05) is 34.6 Å². The van der Waals surface area contributed by atoms with Crippen LogP contribution in [0.4, 0.5) is 0 Å². The Morgan fingerprint density at radius 2 is 2.06 bits per heavy atom. The lowest BCUT2D eigenvalue weighted by molar-refractivity contribution is -0.120. The summed E-state index contributed by atoms with van der Waals surface area (Å²) in [5, 5.41) is 2.75. The van der Waals surface area contributed by atoms with Gasteiger partial charge in [0.05, 0.1) is 13.0 Å². The number of amides is 1. The predicted molar refractivity (Wildman–Crippen MR) is 72.4 cm³/mol. The predicted octanol–water partition coefficient (Wildman–Crippen LogP) is 2.65. The van der Waals surface area contributed by atoms with Crippen LogP contribution >= 0.6 is 15.9 Å². The number of benzene rings is 1. The molecule has 1 N–H and O–H groups in total. The number of carbonyl (C=O) groups excluding carboxylic acids is 1. The van der Waals surface area contributed by atoms with Gasteiger partial charge < -0.3 is 10.1 Å². The molecule has 17 heavy (non-hydrogen) atoms. The highest BCUT2D eigenvalue weighted by atomic mass is 79.9. The fourth-order valence-corrected chi connectivity index (χ4v) is 1.45. The van der Waals surface area contributed by atoms with Crippen LogP contribution in [0.25, 0.3) is 0 Å². The van der Waals surface area contributed by atoms with Crippen LogP contribution in [0, 0.1) is 0 Å². The molecule has 0 bridgehead atoms. The van der Waals surface area contributed by atoms with Gasteiger partial charge in [0, 0.05) is 11.0 Å². The number of hydrogen-bond acceptors (Lipinski definition) is 2. The second-order valence-electron chi connectivity index (χ2n) is 3.55. The molecule has 0 aromatic heterocycles. The van der Waals surface area contributed by atoms with Gasteiger partial charge in [0.2, 0.25) is 5.91 Å². The normalized spacial score (nSPS) is 9.76. The van der Waals surface area contributed by atoms with Gasteiger partial charge in [-0.3, -0.25) is 4.79 Å². The van der Waals surface area contributed by atoms with E-state index in [0.29, 0.717) is 19.6 Å². The molecule has 4 heteroatoms. The first-order valence-electron chi connectivity index (χ1n) is 5.43. The highest BCUT2D eigenvalue weighted by Crippen LogP contribution is 2.12. The minimum absolute atomic E-state index is 0.0187. The van der Waals surface area contributed by atoms with E-state index in [9.17, 15) is 4.79 Å². The van der Waals surface area contributed by atoms with Gasteiger partial charge >= 0.3 is 0 Å². The molecular weight excluding hydrogens is 282 g/mol. The van der Waals surface area contributed by atoms with E-state index in [0.717, 1.165) is 15.8 Å². The van der Waals surface area contributed by atoms with Crippen molar-refractivity contribution in [3.05, 3.63) is 40.9 Å². The number of ether oxygens (including phenoxy) is 1. The molecular formula is C13H16BrNO2. The van der Waals surface area contributed by atoms with E-state index in [-0.39, 0.29) is 5.91 Å². The second kappa shape index (κ2) is 7.12. The van der Waals surface area contributed by atoms with Gasteiger partial charge in [-0.15, -0.1) is 0 Å². The van der Waals surface area contributed by atoms with Crippen LogP contribution in [-0.2, 0) is 11.2 Å². The van der Waals surface area contributed by atoms with Crippen molar-refractivity contribution in [1.82, 2.24) is 5.32 Å². The molecule has 0 fully saturated rings. The lowest BCUT2D eigenvalue weighted by atomic mass is 10.1. The molecule has 0 heterocycles. The van der Waals surface area contributed by atoms with Crippen molar-refractivity contribution < 1.29 is 9.53 Å². The third-order valence-electron chi connectivity index (χ3n) is 2.08. The van der Waals surface area contributed by atoms with Gasteiger partial charge in [-0.25, -0.2) is 0 Å². The van der Waals surface area contributed by atoms with Crippen LogP contribution < -0.4 is 10.1 Å². The summed E-state index contributed by atoms with van der Waals surface area (Å²) in [6, 6.07) is 7.53. The summed E-state index contributed by atoms with van der Waals surface area (Å²) in [4.78, 5) is 11.5. The minimum Gasteiger partial charge on any atom is -0.494 e. The summed E-state index contributed by atoms with van der Waals surface area (Å²) in [6.07, 6.45) is 0.368. The molecule has 1 amide bonds. The Bertz CT molecular complexity index is 387. The first-order chi connectivity index (χ1) is 8.11. The summed E-state index contributed by atoms with van der Waals surface area (Å²) in [6.45, 7) is 6.69. The van der Waals surface area contributed by atoms with Gasteiger partial charge in [0.15, 0.2) is 0 Å². The first kappa shape index (κ1) is 13.8. The van der Waals surface area contributed by atoms with E-state index in [1.54, 1.807) is 0 Å². The van der Waals surface area contributed by atoms with E-state index in [2.05, 4.69) is 27.8 Å². The number of carbonyl (C=O) groups is 1. The number of halogens is 1. The van der Waals surface area contributed by atoms with Gasteiger partial charge in [-0.2, -0.15) is 0 Å². The Kier molecular flexibility index (Phi) is 5.77. The molecule has 0 spiro atoms. The number of hydrogen-bond donors (Lipinski definition) is 1. The van der Waals surface area contributed by atoms with Crippen LogP contribution in [0.1, 0.15) is 12.5 Å². The number of rotatable bonds is 6. The fraction of sp³-hybridized carbons (Fsp3) is 0.308. The van der Waals surface area contributed by atoms with Crippen LogP contribution in [-0.4, -0.2) is 19.1 Å². The van der Waals surface area contributed by atoms with Crippen molar-refractivity contribution in [3.63, 3.8) is 0 Å². The van der Waals surface area contributed by atoms with Crippen molar-refractivity contribution in [1.29, 1.82) is 0 Å². The van der Waals surface area contributed by atoms with Crippen LogP contribution in [0.2, 0.25) is 0 Å². The first-order valence-corrected chi connectivity index (χ1v) is 6.23. The number of nitrogens with one attached hydrogen (secondary N) is 1. The van der Waals surface area contributed by atoms with E-state index in [1.165, 1.54) is 0 Å². The molecule has 3 nitrogen and oxygen atoms in total. The summed E-state index contributed by atoms with van der Waals surface area (Å²) in [5.74, 6) is 0.806. The Hall–Kier alpha value is -1.29. The zero-order chi connectivity index (χ0) is 12.7. The maximum atomic E-state index is 11.5. The zero-order valence-corrected chi connectivity index (χ0v) is 11.4. The maximum Gasteiger partial charge on any atom is 0.224 e. The highest BCUT2D eigenvalue weighted by Gasteiger charge is 2.03. The lowest BCUT2D eigenvalue weighted by Crippen LogP contribution is -2.25. The van der Waals surface area contributed by atoms with E-state index >= 15 is 0 Å². The largest absolute Gasteiger partial charge is 0.494 e. The Morgan fingerprint density at radius 3 is 2.59 bits per heavy atom. The van der Waals surface area contributed by atoms with Crippen molar-refractivity contribution in [2.45, 2.75) is 13.3 Å². The van der Waals surface area contributed by atoms with E-state index in [1.807, 2.05) is 31.2 Å². The fourth-order valence-electron chi connectivity index (χ4n) is 1.31. The Morgan fingerprint density at radius 1 is 1.41 bits per heavy atom. The van der Waals surface area contributed by atoms with Crippen molar-refractivity contribution in [3.8, 4) is 5.75 Å². The second-order valence-corrected chi connectivity index (χ2v) is 4.67. The quantitative estimate of drug-likeness (QED) is 0.877. The summed E-state index contributed by atoms with van der Waals surface area (Å²) in [7, 11) is 0. The molecule has 1 rings (SSSR count). The van der Waals surface area contributed by atoms with E-state index < -0.39 is 0 Å². The molecule has 0 aliphatic carbocycles. The minimum atomic E-state index is -0.0187. The molecule has 1 aromatic carbocycles. The molecule has 0 saturated carbocycles. The van der Waals surface area contributed by atoms with Gasteiger partial charge in [0.25, 0.3) is 0 Å². The van der Waals surface area contributed by atoms with Crippen molar-refractivity contribution >= 4 is 21.8 Å². The molecule has 0 unspecified atom stereocenters. The molecule has 0 saturated heterocycles. The van der Waals surface area contributed by atoms with Crippen LogP contribution in [0.3, 0.4) is 0 Å². The summed E-state index contributed by atoms with van der Waals surface area (Å²) in [5.41, 5.74) is 0.964. The van der Waals surface area contributed by atoms with E-state index in [4.69, 9.17) is 4.74 Å². The molecule has 0 radical (unpaired) electrons. The van der Waals surface area contributed by atoms with Crippen molar-refractivity contribution in [2.75, 3.05) is 13.2 Å². The Labute approximate surface area is 110 Å². The average molecular weight is 298 g/mol. The van der Waals surface area contributed by atoms with Gasteiger partial charge in [-0.05, 0) is 24.6 Å². The summed E-state index contributed by atoms with van der Waals surface area (Å²) < 4.78 is 6.09. The molecule has 92 valence electrons. The SMILES string of the molecule is C=C(Br)CNC(=O)Cc1ccc(OCC)cc1. The smallest absolute Gasteiger partial charge is 0.224 e. The van der Waals surface area contributed by atoms with Crippen LogP contribution in [0.15, 0.2) is 35.3 Å². The highest BCUT2D eigenvalue weighted by molar-refractivity contribution is 9.11. The summed E-state index contributed by atoms with van der Waals surface area (Å²) >= 11 is 3.19. The third kappa shape index (κ3) is 5.54. The third-order valence-corrected chi connectivity index (χ3v) is 2.36. The maximum absolute atomic E-state index is 11.5. The molecule has 0 aliphatic heterocycles. The van der Waals surface area contributed by atoms with Gasteiger partial charge in [0.1, 0.15) is 5.75 Å². The zero-order valence-electron chi connectivity index (χ0n) is 9.83. The monoisotopic (exact) mass is 297 g/mol. The molecule has 0 atom stereocenters. The average Bonchev–Trinajstić information content (AvgIpc) is 2.29.